The molecule has 0 spiro atoms. The maximum absolute atomic E-state index is 12.8. The van der Waals surface area contributed by atoms with Gasteiger partial charge in [-0.15, -0.1) is 0 Å². The molecule has 0 saturated carbocycles. The number of carbonyl (C=O) groups is 1. The van der Waals surface area contributed by atoms with E-state index in [1.54, 1.807) is 11.8 Å². The molecule has 1 aliphatic heterocycles. The standard InChI is InChI=1S/C8H11ClF2OS/c9-7(12)8(10,11)4-6-2-1-3-13-5-6/h6H,1-5H2. The first-order chi connectivity index (χ1) is 6.02. The molecule has 0 bridgehead atoms. The largest absolute Gasteiger partial charge is 0.320 e. The summed E-state index contributed by atoms with van der Waals surface area (Å²) in [6.45, 7) is 0. The van der Waals surface area contributed by atoms with Gasteiger partial charge in [0.2, 0.25) is 0 Å². The summed E-state index contributed by atoms with van der Waals surface area (Å²) in [5.74, 6) is -1.63. The molecule has 0 aromatic rings. The highest BCUT2D eigenvalue weighted by molar-refractivity contribution is 7.99. The fraction of sp³-hybridized carbons (Fsp3) is 0.875. The molecule has 13 heavy (non-hydrogen) atoms. The lowest BCUT2D eigenvalue weighted by Crippen LogP contribution is -2.29. The van der Waals surface area contributed by atoms with Gasteiger partial charge >= 0.3 is 5.92 Å². The van der Waals surface area contributed by atoms with E-state index in [9.17, 15) is 13.6 Å². The lowest BCUT2D eigenvalue weighted by atomic mass is 9.98. The van der Waals surface area contributed by atoms with Crippen molar-refractivity contribution in [3.8, 4) is 0 Å². The van der Waals surface area contributed by atoms with Crippen LogP contribution in [0.3, 0.4) is 0 Å². The molecule has 0 radical (unpaired) electrons. The van der Waals surface area contributed by atoms with Gasteiger partial charge in [0.05, 0.1) is 0 Å². The van der Waals surface area contributed by atoms with Crippen molar-refractivity contribution in [2.75, 3.05) is 11.5 Å². The van der Waals surface area contributed by atoms with Crippen molar-refractivity contribution in [3.63, 3.8) is 0 Å². The Morgan fingerprint density at radius 3 is 2.77 bits per heavy atom. The van der Waals surface area contributed by atoms with Crippen molar-refractivity contribution in [2.24, 2.45) is 5.92 Å². The number of halogens is 3. The maximum Gasteiger partial charge on any atom is 0.320 e. The molecule has 5 heteroatoms. The molecule has 0 amide bonds. The molecule has 1 unspecified atom stereocenters. The Labute approximate surface area is 85.2 Å². The zero-order valence-corrected chi connectivity index (χ0v) is 8.64. The van der Waals surface area contributed by atoms with Crippen molar-refractivity contribution in [1.82, 2.24) is 0 Å². The maximum atomic E-state index is 12.8. The zero-order chi connectivity index (χ0) is 9.90. The third-order valence-corrected chi connectivity index (χ3v) is 3.65. The Balaban J connectivity index is 2.41. The molecule has 1 heterocycles. The molecular weight excluding hydrogens is 218 g/mol. The van der Waals surface area contributed by atoms with E-state index in [0.29, 0.717) is 0 Å². The minimum atomic E-state index is -3.33. The van der Waals surface area contributed by atoms with Crippen LogP contribution in [-0.4, -0.2) is 22.7 Å². The molecular formula is C8H11ClF2OS. The second-order valence-electron chi connectivity index (χ2n) is 3.27. The van der Waals surface area contributed by atoms with Gasteiger partial charge in [0, 0.05) is 6.42 Å². The Bertz CT molecular complexity index is 193. The lowest BCUT2D eigenvalue weighted by molar-refractivity contribution is -0.136. The van der Waals surface area contributed by atoms with Crippen molar-refractivity contribution in [3.05, 3.63) is 0 Å². The summed E-state index contributed by atoms with van der Waals surface area (Å²) in [6.07, 6.45) is 1.36. The fourth-order valence-corrected chi connectivity index (χ4v) is 2.64. The van der Waals surface area contributed by atoms with E-state index in [0.717, 1.165) is 24.3 Å². The number of hydrogen-bond donors (Lipinski definition) is 0. The molecule has 1 atom stereocenters. The van der Waals surface area contributed by atoms with Gasteiger partial charge in [0.1, 0.15) is 0 Å². The summed E-state index contributed by atoms with van der Waals surface area (Å²) >= 11 is 6.46. The third-order valence-electron chi connectivity index (χ3n) is 2.09. The van der Waals surface area contributed by atoms with Crippen molar-refractivity contribution >= 4 is 28.6 Å². The molecule has 1 fully saturated rings. The van der Waals surface area contributed by atoms with E-state index in [4.69, 9.17) is 11.6 Å². The zero-order valence-electron chi connectivity index (χ0n) is 7.06. The van der Waals surface area contributed by atoms with Crippen LogP contribution in [0.5, 0.6) is 0 Å². The van der Waals surface area contributed by atoms with Crippen LogP contribution in [0, 0.1) is 5.92 Å². The monoisotopic (exact) mass is 228 g/mol. The van der Waals surface area contributed by atoms with Gasteiger partial charge in [-0.1, -0.05) is 0 Å². The minimum Gasteiger partial charge on any atom is -0.274 e. The molecule has 1 saturated heterocycles. The van der Waals surface area contributed by atoms with Gasteiger partial charge in [-0.2, -0.15) is 20.5 Å². The number of rotatable bonds is 3. The number of carbonyl (C=O) groups excluding carboxylic acids is 1. The highest BCUT2D eigenvalue weighted by atomic mass is 35.5. The van der Waals surface area contributed by atoms with Crippen LogP contribution >= 0.6 is 23.4 Å². The van der Waals surface area contributed by atoms with Gasteiger partial charge in [-0.05, 0) is 41.9 Å². The van der Waals surface area contributed by atoms with Gasteiger partial charge in [-0.25, -0.2) is 0 Å². The predicted octanol–water partition coefficient (Wildman–Crippen LogP) is 2.92. The highest BCUT2D eigenvalue weighted by Crippen LogP contribution is 2.33. The summed E-state index contributed by atoms with van der Waals surface area (Å²) < 4.78 is 25.7. The summed E-state index contributed by atoms with van der Waals surface area (Å²) in [6, 6.07) is 0. The average molecular weight is 229 g/mol. The first kappa shape index (κ1) is 11.2. The Hall–Kier alpha value is 0.170. The number of hydrogen-bond acceptors (Lipinski definition) is 2. The van der Waals surface area contributed by atoms with Gasteiger partial charge < -0.3 is 0 Å². The van der Waals surface area contributed by atoms with Gasteiger partial charge in [0.15, 0.2) is 0 Å². The second-order valence-corrected chi connectivity index (χ2v) is 4.76. The summed E-state index contributed by atoms with van der Waals surface area (Å²) in [4.78, 5) is 10.3. The van der Waals surface area contributed by atoms with Crippen molar-refractivity contribution in [2.45, 2.75) is 25.2 Å². The Morgan fingerprint density at radius 2 is 2.31 bits per heavy atom. The van der Waals surface area contributed by atoms with Crippen molar-refractivity contribution in [1.29, 1.82) is 0 Å². The van der Waals surface area contributed by atoms with E-state index in [-0.39, 0.29) is 12.3 Å². The molecule has 1 aliphatic rings. The molecule has 76 valence electrons. The third kappa shape index (κ3) is 3.43. The van der Waals surface area contributed by atoms with E-state index in [1.165, 1.54) is 0 Å². The van der Waals surface area contributed by atoms with Crippen LogP contribution < -0.4 is 0 Å². The number of alkyl halides is 2. The number of thioether (sulfide) groups is 1. The molecule has 0 aliphatic carbocycles. The normalized spacial score (nSPS) is 24.4. The van der Waals surface area contributed by atoms with Crippen LogP contribution in [0.2, 0.25) is 0 Å². The van der Waals surface area contributed by atoms with Gasteiger partial charge in [0.25, 0.3) is 5.24 Å². The molecule has 0 N–H and O–H groups in total. The molecule has 0 aromatic heterocycles. The first-order valence-corrected chi connectivity index (χ1v) is 5.71. The lowest BCUT2D eigenvalue weighted by Gasteiger charge is -2.23. The van der Waals surface area contributed by atoms with Gasteiger partial charge in [-0.3, -0.25) is 4.79 Å². The van der Waals surface area contributed by atoms with E-state index < -0.39 is 11.2 Å². The Morgan fingerprint density at radius 1 is 1.62 bits per heavy atom. The summed E-state index contributed by atoms with van der Waals surface area (Å²) in [5, 5.41) is -1.52. The van der Waals surface area contributed by atoms with Crippen molar-refractivity contribution < 1.29 is 13.6 Å². The fourth-order valence-electron chi connectivity index (χ4n) is 1.41. The second kappa shape index (κ2) is 4.60. The molecule has 1 rings (SSSR count). The summed E-state index contributed by atoms with van der Waals surface area (Å²) in [7, 11) is 0. The quantitative estimate of drug-likeness (QED) is 0.691. The van der Waals surface area contributed by atoms with E-state index in [1.807, 2.05) is 0 Å². The molecule has 0 aromatic carbocycles. The van der Waals surface area contributed by atoms with E-state index in [2.05, 4.69) is 0 Å². The SMILES string of the molecule is O=C(Cl)C(F)(F)CC1CCCSC1. The average Bonchev–Trinajstić information content (AvgIpc) is 2.05. The van der Waals surface area contributed by atoms with E-state index >= 15 is 0 Å². The first-order valence-electron chi connectivity index (χ1n) is 4.18. The van der Waals surface area contributed by atoms with Crippen LogP contribution in [0.15, 0.2) is 0 Å². The van der Waals surface area contributed by atoms with Crippen LogP contribution in [0.25, 0.3) is 0 Å². The summed E-state index contributed by atoms with van der Waals surface area (Å²) in [5.41, 5.74) is 0. The predicted molar refractivity (Wildman–Crippen MR) is 50.5 cm³/mol. The van der Waals surface area contributed by atoms with Crippen LogP contribution in [0.4, 0.5) is 8.78 Å². The van der Waals surface area contributed by atoms with Crippen LogP contribution in [0.1, 0.15) is 19.3 Å². The van der Waals surface area contributed by atoms with Crippen LogP contribution in [-0.2, 0) is 4.79 Å². The smallest absolute Gasteiger partial charge is 0.274 e. The minimum absolute atomic E-state index is 0.0588. The highest BCUT2D eigenvalue weighted by Gasteiger charge is 2.39. The molecule has 1 nitrogen and oxygen atoms in total. The Kier molecular flexibility index (Phi) is 3.98. The topological polar surface area (TPSA) is 17.1 Å².